The highest BCUT2D eigenvalue weighted by atomic mass is 16.5. The van der Waals surface area contributed by atoms with Crippen molar-refractivity contribution in [1.82, 2.24) is 10.2 Å². The van der Waals surface area contributed by atoms with E-state index in [0.717, 1.165) is 13.1 Å². The molecule has 1 fully saturated rings. The third kappa shape index (κ3) is 3.96. The minimum Gasteiger partial charge on any atom is -0.368 e. The van der Waals surface area contributed by atoms with E-state index in [2.05, 4.69) is 65.7 Å². The van der Waals surface area contributed by atoms with Gasteiger partial charge in [0.15, 0.2) is 0 Å². The predicted octanol–water partition coefficient (Wildman–Crippen LogP) is 3.29. The molecule has 120 valence electrons. The molecular formula is C17H36N2O. The molecule has 1 heterocycles. The van der Waals surface area contributed by atoms with Gasteiger partial charge in [0.2, 0.25) is 0 Å². The highest BCUT2D eigenvalue weighted by molar-refractivity contribution is 5.06. The van der Waals surface area contributed by atoms with Crippen molar-refractivity contribution in [3.63, 3.8) is 0 Å². The molecule has 0 radical (unpaired) electrons. The Labute approximate surface area is 126 Å². The fraction of sp³-hybridized carbons (Fsp3) is 1.00. The molecule has 0 aromatic rings. The van der Waals surface area contributed by atoms with E-state index in [1.54, 1.807) is 0 Å². The van der Waals surface area contributed by atoms with E-state index in [1.807, 2.05) is 0 Å². The first-order valence-corrected chi connectivity index (χ1v) is 8.29. The Hall–Kier alpha value is -0.120. The number of nitrogens with zero attached hydrogens (tertiary/aromatic N) is 1. The Bertz CT molecular complexity index is 301. The van der Waals surface area contributed by atoms with Crippen molar-refractivity contribution in [3.8, 4) is 0 Å². The van der Waals surface area contributed by atoms with Crippen LogP contribution in [-0.2, 0) is 4.74 Å². The summed E-state index contributed by atoms with van der Waals surface area (Å²) in [6.07, 6.45) is 2.51. The van der Waals surface area contributed by atoms with Gasteiger partial charge in [-0.1, -0.05) is 20.3 Å². The van der Waals surface area contributed by atoms with E-state index in [9.17, 15) is 0 Å². The molecule has 0 aromatic carbocycles. The predicted molar refractivity (Wildman–Crippen MR) is 87.2 cm³/mol. The van der Waals surface area contributed by atoms with Gasteiger partial charge in [-0.2, -0.15) is 0 Å². The quantitative estimate of drug-likeness (QED) is 0.776. The molecule has 0 aromatic heterocycles. The summed E-state index contributed by atoms with van der Waals surface area (Å²) in [5.74, 6) is 0.516. The Kier molecular flexibility index (Phi) is 6.06. The lowest BCUT2D eigenvalue weighted by Gasteiger charge is -2.35. The second kappa shape index (κ2) is 6.76. The molecule has 0 bridgehead atoms. The Morgan fingerprint density at radius 1 is 1.15 bits per heavy atom. The number of hydrogen-bond acceptors (Lipinski definition) is 3. The molecule has 1 saturated heterocycles. The zero-order chi connectivity index (χ0) is 15.6. The normalized spacial score (nSPS) is 29.9. The molecule has 1 aliphatic rings. The van der Waals surface area contributed by atoms with Crippen LogP contribution in [0.25, 0.3) is 0 Å². The average molecular weight is 284 g/mol. The fourth-order valence-electron chi connectivity index (χ4n) is 3.76. The summed E-state index contributed by atoms with van der Waals surface area (Å²) in [4.78, 5) is 2.50. The second-order valence-corrected chi connectivity index (χ2v) is 7.53. The summed E-state index contributed by atoms with van der Waals surface area (Å²) < 4.78 is 6.37. The maximum Gasteiger partial charge on any atom is 0.0790 e. The molecule has 0 saturated carbocycles. The highest BCUT2D eigenvalue weighted by Gasteiger charge is 2.53. The van der Waals surface area contributed by atoms with Crippen LogP contribution < -0.4 is 5.32 Å². The van der Waals surface area contributed by atoms with Gasteiger partial charge in [0.1, 0.15) is 0 Å². The number of hydrogen-bond donors (Lipinski definition) is 1. The van der Waals surface area contributed by atoms with E-state index in [-0.39, 0.29) is 11.2 Å². The Morgan fingerprint density at radius 3 is 2.25 bits per heavy atom. The molecular weight excluding hydrogens is 248 g/mol. The SMILES string of the molecule is CCCC(C)N(C)CC1C(NCC)C(C)(C)OC1(C)C. The molecule has 3 atom stereocenters. The van der Waals surface area contributed by atoms with Crippen molar-refractivity contribution < 1.29 is 4.74 Å². The first-order valence-electron chi connectivity index (χ1n) is 8.29. The molecule has 3 heteroatoms. The smallest absolute Gasteiger partial charge is 0.0790 e. The summed E-state index contributed by atoms with van der Waals surface area (Å²) in [6, 6.07) is 1.06. The monoisotopic (exact) mass is 284 g/mol. The van der Waals surface area contributed by atoms with E-state index < -0.39 is 0 Å². The number of nitrogens with one attached hydrogen (secondary N) is 1. The maximum atomic E-state index is 6.37. The molecule has 1 N–H and O–H groups in total. The van der Waals surface area contributed by atoms with Gasteiger partial charge in [-0.05, 0) is 54.6 Å². The van der Waals surface area contributed by atoms with Crippen molar-refractivity contribution in [1.29, 1.82) is 0 Å². The molecule has 0 amide bonds. The van der Waals surface area contributed by atoms with Gasteiger partial charge in [-0.3, -0.25) is 0 Å². The minimum atomic E-state index is -0.0982. The maximum absolute atomic E-state index is 6.37. The lowest BCUT2D eigenvalue weighted by Crippen LogP contribution is -2.51. The number of ether oxygens (including phenoxy) is 1. The summed E-state index contributed by atoms with van der Waals surface area (Å²) in [6.45, 7) is 17.8. The van der Waals surface area contributed by atoms with Crippen LogP contribution in [0.4, 0.5) is 0 Å². The molecule has 1 rings (SSSR count). The van der Waals surface area contributed by atoms with Crippen LogP contribution in [0.3, 0.4) is 0 Å². The zero-order valence-corrected chi connectivity index (χ0v) is 14.9. The first-order chi connectivity index (χ1) is 9.15. The summed E-state index contributed by atoms with van der Waals surface area (Å²) >= 11 is 0. The third-order valence-electron chi connectivity index (χ3n) is 4.94. The van der Waals surface area contributed by atoms with E-state index in [1.165, 1.54) is 12.8 Å². The highest BCUT2D eigenvalue weighted by Crippen LogP contribution is 2.42. The van der Waals surface area contributed by atoms with Crippen LogP contribution >= 0.6 is 0 Å². The largest absolute Gasteiger partial charge is 0.368 e. The summed E-state index contributed by atoms with van der Waals surface area (Å²) in [5, 5.41) is 3.67. The van der Waals surface area contributed by atoms with Crippen LogP contribution in [0, 0.1) is 5.92 Å². The second-order valence-electron chi connectivity index (χ2n) is 7.53. The van der Waals surface area contributed by atoms with Gasteiger partial charge in [0.25, 0.3) is 0 Å². The van der Waals surface area contributed by atoms with E-state index in [0.29, 0.717) is 18.0 Å². The first kappa shape index (κ1) is 17.9. The van der Waals surface area contributed by atoms with Crippen LogP contribution in [0.1, 0.15) is 61.3 Å². The van der Waals surface area contributed by atoms with Gasteiger partial charge in [0.05, 0.1) is 11.2 Å². The molecule has 3 nitrogen and oxygen atoms in total. The lowest BCUT2D eigenvalue weighted by atomic mass is 9.82. The van der Waals surface area contributed by atoms with Crippen LogP contribution in [0.5, 0.6) is 0 Å². The van der Waals surface area contributed by atoms with Gasteiger partial charge < -0.3 is 15.0 Å². The minimum absolute atomic E-state index is 0.0729. The van der Waals surface area contributed by atoms with Crippen molar-refractivity contribution >= 4 is 0 Å². The Balaban J connectivity index is 2.83. The molecule has 0 spiro atoms. The topological polar surface area (TPSA) is 24.5 Å². The molecule has 20 heavy (non-hydrogen) atoms. The van der Waals surface area contributed by atoms with Crippen LogP contribution in [-0.4, -0.2) is 48.3 Å². The van der Waals surface area contributed by atoms with Crippen molar-refractivity contribution in [2.24, 2.45) is 5.92 Å². The van der Waals surface area contributed by atoms with Crippen LogP contribution in [0.2, 0.25) is 0 Å². The molecule has 0 aliphatic carbocycles. The number of likely N-dealkylation sites (N-methyl/N-ethyl adjacent to an activating group) is 1. The van der Waals surface area contributed by atoms with Gasteiger partial charge in [0, 0.05) is 24.5 Å². The van der Waals surface area contributed by atoms with Crippen LogP contribution in [0.15, 0.2) is 0 Å². The molecule has 3 unspecified atom stereocenters. The zero-order valence-electron chi connectivity index (χ0n) is 14.9. The van der Waals surface area contributed by atoms with Crippen molar-refractivity contribution in [2.75, 3.05) is 20.1 Å². The summed E-state index contributed by atoms with van der Waals surface area (Å²) in [7, 11) is 2.25. The summed E-state index contributed by atoms with van der Waals surface area (Å²) in [5.41, 5.74) is -0.171. The van der Waals surface area contributed by atoms with Crippen molar-refractivity contribution in [2.45, 2.75) is 84.6 Å². The average Bonchev–Trinajstić information content (AvgIpc) is 2.47. The fourth-order valence-corrected chi connectivity index (χ4v) is 3.76. The lowest BCUT2D eigenvalue weighted by molar-refractivity contribution is -0.0797. The number of rotatable bonds is 7. The third-order valence-corrected chi connectivity index (χ3v) is 4.94. The Morgan fingerprint density at radius 2 is 1.75 bits per heavy atom. The van der Waals surface area contributed by atoms with E-state index >= 15 is 0 Å². The van der Waals surface area contributed by atoms with Gasteiger partial charge in [-0.15, -0.1) is 0 Å². The van der Waals surface area contributed by atoms with Gasteiger partial charge >= 0.3 is 0 Å². The molecule has 1 aliphatic heterocycles. The van der Waals surface area contributed by atoms with Gasteiger partial charge in [-0.25, -0.2) is 0 Å². The standard InChI is InChI=1S/C17H36N2O/c1-9-11-13(3)19(8)12-14-15(18-10-2)17(6,7)20-16(14,4)5/h13-15,18H,9-12H2,1-8H3. The van der Waals surface area contributed by atoms with Crippen molar-refractivity contribution in [3.05, 3.63) is 0 Å². The van der Waals surface area contributed by atoms with E-state index in [4.69, 9.17) is 4.74 Å².